The lowest BCUT2D eigenvalue weighted by Crippen LogP contribution is -2.03. The third-order valence-electron chi connectivity index (χ3n) is 3.45. The van der Waals surface area contributed by atoms with E-state index in [9.17, 15) is 0 Å². The van der Waals surface area contributed by atoms with Crippen LogP contribution in [0.1, 0.15) is 23.7 Å². The molecule has 0 amide bonds. The van der Waals surface area contributed by atoms with E-state index < -0.39 is 0 Å². The average Bonchev–Trinajstić information content (AvgIpc) is 3.00. The molecule has 0 atom stereocenters. The first-order valence-corrected chi connectivity index (χ1v) is 7.43. The summed E-state index contributed by atoms with van der Waals surface area (Å²) in [5, 5.41) is 8.55. The molecule has 0 aliphatic rings. The predicted molar refractivity (Wildman–Crippen MR) is 82.4 cm³/mol. The molecule has 3 rings (SSSR count). The highest BCUT2D eigenvalue weighted by Crippen LogP contribution is 2.22. The minimum atomic E-state index is 0.692. The van der Waals surface area contributed by atoms with Gasteiger partial charge in [-0.25, -0.2) is 4.98 Å². The van der Waals surface area contributed by atoms with Crippen LogP contribution in [0, 0.1) is 13.8 Å². The first kappa shape index (κ1) is 13.1. The second-order valence-electron chi connectivity index (χ2n) is 4.88. The Kier molecular flexibility index (Phi) is 3.40. The van der Waals surface area contributed by atoms with Gasteiger partial charge in [0.25, 0.3) is 0 Å². The van der Waals surface area contributed by atoms with E-state index in [1.807, 2.05) is 6.33 Å². The van der Waals surface area contributed by atoms with Gasteiger partial charge in [0.15, 0.2) is 0 Å². The van der Waals surface area contributed by atoms with Crippen LogP contribution >= 0.6 is 11.5 Å². The van der Waals surface area contributed by atoms with Crippen LogP contribution in [0.3, 0.4) is 0 Å². The number of aryl methyl sites for hydroxylation is 2. The Hall–Kier alpha value is -1.95. The quantitative estimate of drug-likeness (QED) is 0.801. The van der Waals surface area contributed by atoms with Gasteiger partial charge in [-0.3, -0.25) is 0 Å². The summed E-state index contributed by atoms with van der Waals surface area (Å²) in [4.78, 5) is 4.47. The third kappa shape index (κ3) is 2.27. The molecular weight excluding hydrogens is 270 g/mol. The van der Waals surface area contributed by atoms with Gasteiger partial charge in [-0.2, -0.15) is 0 Å². The number of hydrogen-bond donors (Lipinski definition) is 1. The van der Waals surface area contributed by atoms with Crippen LogP contribution in [0.4, 0.5) is 5.00 Å². The van der Waals surface area contributed by atoms with Crippen molar-refractivity contribution in [1.82, 2.24) is 19.1 Å². The predicted octanol–water partition coefficient (Wildman–Crippen LogP) is 2.98. The summed E-state index contributed by atoms with van der Waals surface area (Å²) in [5.74, 6) is 0. The van der Waals surface area contributed by atoms with Crippen molar-refractivity contribution in [3.05, 3.63) is 35.3 Å². The molecule has 6 heteroatoms. The van der Waals surface area contributed by atoms with Gasteiger partial charge in [0.05, 0.1) is 23.9 Å². The molecule has 0 aliphatic carbocycles. The summed E-state index contributed by atoms with van der Waals surface area (Å²) in [6.07, 6.45) is 1.87. The average molecular weight is 287 g/mol. The van der Waals surface area contributed by atoms with E-state index in [1.165, 1.54) is 22.7 Å². The van der Waals surface area contributed by atoms with Crippen molar-refractivity contribution in [2.24, 2.45) is 0 Å². The van der Waals surface area contributed by atoms with Crippen molar-refractivity contribution in [2.45, 2.75) is 27.3 Å². The number of benzene rings is 1. The fourth-order valence-corrected chi connectivity index (χ4v) is 2.85. The van der Waals surface area contributed by atoms with Gasteiger partial charge in [0.2, 0.25) is 0 Å². The van der Waals surface area contributed by atoms with Gasteiger partial charge in [0, 0.05) is 18.1 Å². The van der Waals surface area contributed by atoms with Crippen LogP contribution in [0.2, 0.25) is 0 Å². The molecular formula is C14H17N5S. The fourth-order valence-electron chi connectivity index (χ4n) is 2.21. The summed E-state index contributed by atoms with van der Waals surface area (Å²) in [6.45, 7) is 7.88. The van der Waals surface area contributed by atoms with Gasteiger partial charge in [0.1, 0.15) is 10.7 Å². The smallest absolute Gasteiger partial charge is 0.135 e. The van der Waals surface area contributed by atoms with Crippen LogP contribution < -0.4 is 5.32 Å². The molecule has 0 fully saturated rings. The Labute approximate surface area is 121 Å². The van der Waals surface area contributed by atoms with Gasteiger partial charge >= 0.3 is 0 Å². The van der Waals surface area contributed by atoms with Gasteiger partial charge < -0.3 is 9.88 Å². The Morgan fingerprint density at radius 3 is 2.85 bits per heavy atom. The molecule has 5 nitrogen and oxygen atoms in total. The van der Waals surface area contributed by atoms with Crippen molar-refractivity contribution >= 4 is 27.6 Å². The van der Waals surface area contributed by atoms with Crippen LogP contribution in [0.5, 0.6) is 0 Å². The largest absolute Gasteiger partial charge is 0.374 e. The maximum absolute atomic E-state index is 4.47. The lowest BCUT2D eigenvalue weighted by molar-refractivity contribution is 0.791. The lowest BCUT2D eigenvalue weighted by atomic mass is 10.1. The molecule has 104 valence electrons. The van der Waals surface area contributed by atoms with E-state index in [2.05, 4.69) is 57.4 Å². The number of aromatic nitrogens is 4. The standard InChI is InChI=1S/C14H17N5S/c1-4-15-14-12(17-18-20-14)7-19-8-16-11-5-9(2)10(3)6-13(11)19/h5-6,8,15H,4,7H2,1-3H3. The summed E-state index contributed by atoms with van der Waals surface area (Å²) in [5.41, 5.74) is 5.69. The zero-order valence-electron chi connectivity index (χ0n) is 11.8. The van der Waals surface area contributed by atoms with E-state index in [0.29, 0.717) is 6.54 Å². The first-order chi connectivity index (χ1) is 9.69. The minimum Gasteiger partial charge on any atom is -0.374 e. The third-order valence-corrected chi connectivity index (χ3v) is 4.18. The molecule has 0 saturated heterocycles. The molecule has 3 aromatic rings. The topological polar surface area (TPSA) is 55.6 Å². The second-order valence-corrected chi connectivity index (χ2v) is 5.63. The minimum absolute atomic E-state index is 0.692. The van der Waals surface area contributed by atoms with E-state index in [0.717, 1.165) is 28.3 Å². The molecule has 2 heterocycles. The Balaban J connectivity index is 1.98. The number of hydrogen-bond acceptors (Lipinski definition) is 5. The molecule has 1 aromatic carbocycles. The highest BCUT2D eigenvalue weighted by molar-refractivity contribution is 7.10. The van der Waals surface area contributed by atoms with Crippen LogP contribution in [0.15, 0.2) is 18.5 Å². The second kappa shape index (κ2) is 5.20. The van der Waals surface area contributed by atoms with E-state index in [4.69, 9.17) is 0 Å². The number of fused-ring (bicyclic) bond motifs is 1. The number of imidazole rings is 1. The molecule has 0 aliphatic heterocycles. The summed E-state index contributed by atoms with van der Waals surface area (Å²) in [6, 6.07) is 4.32. The fraction of sp³-hybridized carbons (Fsp3) is 0.357. The van der Waals surface area contributed by atoms with Gasteiger partial charge in [-0.15, -0.1) is 5.10 Å². The van der Waals surface area contributed by atoms with E-state index >= 15 is 0 Å². The molecule has 20 heavy (non-hydrogen) atoms. The highest BCUT2D eigenvalue weighted by atomic mass is 32.1. The maximum atomic E-state index is 4.47. The van der Waals surface area contributed by atoms with Crippen LogP contribution in [-0.2, 0) is 6.54 Å². The van der Waals surface area contributed by atoms with E-state index in [1.54, 1.807) is 0 Å². The van der Waals surface area contributed by atoms with Crippen molar-refractivity contribution < 1.29 is 0 Å². The molecule has 0 unspecified atom stereocenters. The Morgan fingerprint density at radius 1 is 1.25 bits per heavy atom. The van der Waals surface area contributed by atoms with Crippen LogP contribution in [-0.4, -0.2) is 25.7 Å². The molecule has 1 N–H and O–H groups in total. The first-order valence-electron chi connectivity index (χ1n) is 6.66. The molecule has 0 spiro atoms. The van der Waals surface area contributed by atoms with Crippen molar-refractivity contribution in [3.8, 4) is 0 Å². The van der Waals surface area contributed by atoms with E-state index in [-0.39, 0.29) is 0 Å². The molecule has 0 radical (unpaired) electrons. The Bertz CT molecular complexity index is 743. The maximum Gasteiger partial charge on any atom is 0.135 e. The zero-order valence-corrected chi connectivity index (χ0v) is 12.7. The molecule has 2 aromatic heterocycles. The highest BCUT2D eigenvalue weighted by Gasteiger charge is 2.11. The lowest BCUT2D eigenvalue weighted by Gasteiger charge is -2.06. The number of nitrogens with zero attached hydrogens (tertiary/aromatic N) is 4. The van der Waals surface area contributed by atoms with Crippen molar-refractivity contribution in [1.29, 1.82) is 0 Å². The SMILES string of the molecule is CCNc1snnc1Cn1cnc2cc(C)c(C)cc21. The number of rotatable bonds is 4. The summed E-state index contributed by atoms with van der Waals surface area (Å²) >= 11 is 1.40. The van der Waals surface area contributed by atoms with Gasteiger partial charge in [-0.05, 0) is 44.0 Å². The number of nitrogens with one attached hydrogen (secondary N) is 1. The normalized spacial score (nSPS) is 11.2. The zero-order chi connectivity index (χ0) is 14.1. The van der Waals surface area contributed by atoms with Crippen molar-refractivity contribution in [2.75, 3.05) is 11.9 Å². The van der Waals surface area contributed by atoms with Gasteiger partial charge in [-0.1, -0.05) is 4.49 Å². The monoisotopic (exact) mass is 287 g/mol. The molecule has 0 saturated carbocycles. The Morgan fingerprint density at radius 2 is 2.05 bits per heavy atom. The number of anilines is 1. The summed E-state index contributed by atoms with van der Waals surface area (Å²) in [7, 11) is 0. The molecule has 0 bridgehead atoms. The van der Waals surface area contributed by atoms with Crippen molar-refractivity contribution in [3.63, 3.8) is 0 Å². The van der Waals surface area contributed by atoms with Crippen LogP contribution in [0.25, 0.3) is 11.0 Å². The summed E-state index contributed by atoms with van der Waals surface area (Å²) < 4.78 is 6.15.